The van der Waals surface area contributed by atoms with Gasteiger partial charge in [0.2, 0.25) is 0 Å². The van der Waals surface area contributed by atoms with Gasteiger partial charge in [0, 0.05) is 31.7 Å². The van der Waals surface area contributed by atoms with Crippen molar-refractivity contribution >= 4 is 0 Å². The van der Waals surface area contributed by atoms with Gasteiger partial charge >= 0.3 is 0 Å². The van der Waals surface area contributed by atoms with Gasteiger partial charge in [0.25, 0.3) is 0 Å². The van der Waals surface area contributed by atoms with Crippen molar-refractivity contribution in [3.05, 3.63) is 70.5 Å². The summed E-state index contributed by atoms with van der Waals surface area (Å²) in [5.74, 6) is -0.171. The zero-order chi connectivity index (χ0) is 14.7. The highest BCUT2D eigenvalue weighted by atomic mass is 19.1. The number of fused-ring (bicyclic) bond motifs is 1. The van der Waals surface area contributed by atoms with E-state index < -0.39 is 0 Å². The van der Waals surface area contributed by atoms with Crippen LogP contribution in [0.5, 0.6) is 0 Å². The average Bonchev–Trinajstić information content (AvgIpc) is 2.49. The van der Waals surface area contributed by atoms with Crippen LogP contribution in [0.4, 0.5) is 4.39 Å². The van der Waals surface area contributed by atoms with Gasteiger partial charge in [0.05, 0.1) is 0 Å². The van der Waals surface area contributed by atoms with Gasteiger partial charge < -0.3 is 5.21 Å². The van der Waals surface area contributed by atoms with E-state index >= 15 is 0 Å². The third kappa shape index (κ3) is 3.29. The zero-order valence-corrected chi connectivity index (χ0v) is 11.8. The minimum absolute atomic E-state index is 0.171. The fourth-order valence-corrected chi connectivity index (χ4v) is 2.91. The van der Waals surface area contributed by atoms with Crippen LogP contribution in [0.1, 0.15) is 22.3 Å². The van der Waals surface area contributed by atoms with E-state index in [1.807, 2.05) is 24.3 Å². The molecule has 1 heterocycles. The molecule has 21 heavy (non-hydrogen) atoms. The average molecular weight is 286 g/mol. The molecule has 2 aromatic rings. The fraction of sp³-hybridized carbons (Fsp3) is 0.294. The highest BCUT2D eigenvalue weighted by molar-refractivity contribution is 5.35. The normalized spacial score (nSPS) is 15.0. The number of rotatable bonds is 4. The van der Waals surface area contributed by atoms with Gasteiger partial charge in [0.1, 0.15) is 5.82 Å². The summed E-state index contributed by atoms with van der Waals surface area (Å²) >= 11 is 0. The van der Waals surface area contributed by atoms with Crippen LogP contribution in [0.2, 0.25) is 0 Å². The highest BCUT2D eigenvalue weighted by Gasteiger charge is 2.20. The van der Waals surface area contributed by atoms with Crippen LogP contribution in [-0.2, 0) is 26.1 Å². The Bertz CT molecular complexity index is 616. The molecule has 0 amide bonds. The topological polar surface area (TPSA) is 35.5 Å². The summed E-state index contributed by atoms with van der Waals surface area (Å²) in [5, 5.41) is 8.74. The molecule has 0 bridgehead atoms. The molecule has 0 saturated carbocycles. The lowest BCUT2D eigenvalue weighted by atomic mass is 9.96. The summed E-state index contributed by atoms with van der Waals surface area (Å²) in [4.78, 5) is 2.27. The SMILES string of the molecule is ONCc1cc(F)c2c(c1)CCN(Cc1ccccc1)C2. The summed E-state index contributed by atoms with van der Waals surface area (Å²) in [5.41, 5.74) is 5.97. The third-order valence-electron chi connectivity index (χ3n) is 3.96. The largest absolute Gasteiger partial charge is 0.316 e. The minimum Gasteiger partial charge on any atom is -0.316 e. The smallest absolute Gasteiger partial charge is 0.128 e. The van der Waals surface area contributed by atoms with Crippen LogP contribution in [-0.4, -0.2) is 16.7 Å². The Balaban J connectivity index is 1.76. The summed E-state index contributed by atoms with van der Waals surface area (Å²) in [6, 6.07) is 13.8. The first-order chi connectivity index (χ1) is 10.3. The van der Waals surface area contributed by atoms with Gasteiger partial charge in [-0.25, -0.2) is 9.87 Å². The molecule has 1 aliphatic rings. The van der Waals surface area contributed by atoms with Crippen molar-refractivity contribution < 1.29 is 9.60 Å². The Morgan fingerprint density at radius 1 is 1.14 bits per heavy atom. The molecular formula is C17H19FN2O. The molecule has 0 aromatic heterocycles. The molecular weight excluding hydrogens is 267 g/mol. The lowest BCUT2D eigenvalue weighted by Gasteiger charge is -2.29. The van der Waals surface area contributed by atoms with Crippen molar-refractivity contribution in [2.45, 2.75) is 26.1 Å². The number of halogens is 1. The van der Waals surface area contributed by atoms with E-state index in [0.717, 1.165) is 36.2 Å². The molecule has 3 nitrogen and oxygen atoms in total. The van der Waals surface area contributed by atoms with E-state index in [2.05, 4.69) is 22.5 Å². The minimum atomic E-state index is -0.171. The first kappa shape index (κ1) is 14.2. The maximum Gasteiger partial charge on any atom is 0.128 e. The van der Waals surface area contributed by atoms with Crippen molar-refractivity contribution in [2.75, 3.05) is 6.54 Å². The summed E-state index contributed by atoms with van der Waals surface area (Å²) in [6.07, 6.45) is 0.846. The van der Waals surface area contributed by atoms with Crippen LogP contribution in [0, 0.1) is 5.82 Å². The molecule has 0 saturated heterocycles. The Hall–Kier alpha value is -1.75. The van der Waals surface area contributed by atoms with E-state index in [1.54, 1.807) is 0 Å². The second-order valence-electron chi connectivity index (χ2n) is 5.50. The van der Waals surface area contributed by atoms with Crippen molar-refractivity contribution in [2.24, 2.45) is 0 Å². The molecule has 2 N–H and O–H groups in total. The second kappa shape index (κ2) is 6.35. The van der Waals surface area contributed by atoms with E-state index in [4.69, 9.17) is 5.21 Å². The van der Waals surface area contributed by atoms with Crippen LogP contribution < -0.4 is 5.48 Å². The number of benzene rings is 2. The Labute approximate surface area is 124 Å². The lowest BCUT2D eigenvalue weighted by molar-refractivity contribution is 0.161. The Morgan fingerprint density at radius 3 is 2.71 bits per heavy atom. The standard InChI is InChI=1S/C17H19FN2O/c18-17-9-14(10-19-21)8-15-6-7-20(12-16(15)17)11-13-4-2-1-3-5-13/h1-5,8-9,19,21H,6-7,10-12H2. The maximum absolute atomic E-state index is 14.2. The van der Waals surface area contributed by atoms with Gasteiger partial charge in [-0.05, 0) is 29.2 Å². The number of nitrogens with zero attached hydrogens (tertiary/aromatic N) is 1. The molecule has 2 aromatic carbocycles. The zero-order valence-electron chi connectivity index (χ0n) is 11.8. The number of nitrogens with one attached hydrogen (secondary N) is 1. The van der Waals surface area contributed by atoms with Crippen LogP contribution in [0.25, 0.3) is 0 Å². The van der Waals surface area contributed by atoms with Crippen LogP contribution >= 0.6 is 0 Å². The van der Waals surface area contributed by atoms with Gasteiger partial charge in [-0.3, -0.25) is 4.90 Å². The molecule has 1 aliphatic heterocycles. The van der Waals surface area contributed by atoms with Crippen molar-refractivity contribution in [1.29, 1.82) is 0 Å². The second-order valence-corrected chi connectivity index (χ2v) is 5.50. The maximum atomic E-state index is 14.2. The van der Waals surface area contributed by atoms with Gasteiger partial charge in [0.15, 0.2) is 0 Å². The van der Waals surface area contributed by atoms with Crippen molar-refractivity contribution in [3.63, 3.8) is 0 Å². The summed E-state index contributed by atoms with van der Waals surface area (Å²) in [6.45, 7) is 2.69. The monoisotopic (exact) mass is 286 g/mol. The molecule has 0 atom stereocenters. The summed E-state index contributed by atoms with van der Waals surface area (Å²) in [7, 11) is 0. The van der Waals surface area contributed by atoms with Gasteiger partial charge in [-0.15, -0.1) is 0 Å². The number of hydrogen-bond acceptors (Lipinski definition) is 3. The molecule has 0 aliphatic carbocycles. The van der Waals surface area contributed by atoms with Crippen molar-refractivity contribution in [1.82, 2.24) is 10.4 Å². The molecule has 0 radical (unpaired) electrons. The van der Waals surface area contributed by atoms with Crippen molar-refractivity contribution in [3.8, 4) is 0 Å². The van der Waals surface area contributed by atoms with Gasteiger partial charge in [-0.2, -0.15) is 0 Å². The first-order valence-corrected chi connectivity index (χ1v) is 7.19. The van der Waals surface area contributed by atoms with Gasteiger partial charge in [-0.1, -0.05) is 36.4 Å². The predicted octanol–water partition coefficient (Wildman–Crippen LogP) is 2.86. The molecule has 0 spiro atoms. The molecule has 4 heteroatoms. The third-order valence-corrected chi connectivity index (χ3v) is 3.96. The van der Waals surface area contributed by atoms with E-state index in [9.17, 15) is 4.39 Å². The Morgan fingerprint density at radius 2 is 1.95 bits per heavy atom. The van der Waals surface area contributed by atoms with E-state index in [0.29, 0.717) is 6.54 Å². The molecule has 0 fully saturated rings. The van der Waals surface area contributed by atoms with E-state index in [-0.39, 0.29) is 12.4 Å². The lowest BCUT2D eigenvalue weighted by Crippen LogP contribution is -2.31. The first-order valence-electron chi connectivity index (χ1n) is 7.19. The quantitative estimate of drug-likeness (QED) is 0.848. The molecule has 0 unspecified atom stereocenters. The highest BCUT2D eigenvalue weighted by Crippen LogP contribution is 2.24. The summed E-state index contributed by atoms with van der Waals surface area (Å²) < 4.78 is 14.2. The van der Waals surface area contributed by atoms with Crippen LogP contribution in [0.15, 0.2) is 42.5 Å². The number of hydroxylamine groups is 1. The number of hydrogen-bond donors (Lipinski definition) is 2. The molecule has 110 valence electrons. The molecule has 3 rings (SSSR count). The van der Waals surface area contributed by atoms with Crippen LogP contribution in [0.3, 0.4) is 0 Å². The van der Waals surface area contributed by atoms with E-state index in [1.165, 1.54) is 11.6 Å². The predicted molar refractivity (Wildman–Crippen MR) is 79.3 cm³/mol. The fourth-order valence-electron chi connectivity index (χ4n) is 2.91. The Kier molecular flexibility index (Phi) is 4.29.